The molecule has 0 amide bonds. The maximum Gasteiger partial charge on any atom is 0.276 e. The Morgan fingerprint density at radius 3 is 2.42 bits per heavy atom. The van der Waals surface area contributed by atoms with Gasteiger partial charge in [0.1, 0.15) is 0 Å². The summed E-state index contributed by atoms with van der Waals surface area (Å²) in [5.74, 6) is 1.67. The van der Waals surface area contributed by atoms with Crippen LogP contribution in [0.4, 0.5) is 0 Å². The Hall–Kier alpha value is -0.510. The summed E-state index contributed by atoms with van der Waals surface area (Å²) in [5.41, 5.74) is -0.0421. The van der Waals surface area contributed by atoms with Crippen molar-refractivity contribution in [2.75, 3.05) is 5.75 Å². The number of rotatable bonds is 2. The van der Waals surface area contributed by atoms with Crippen LogP contribution in [0.1, 0.15) is 33.6 Å². The molecule has 0 saturated heterocycles. The largest absolute Gasteiger partial charge is 0.415 e. The summed E-state index contributed by atoms with van der Waals surface area (Å²) in [6.45, 7) is 8.23. The molecule has 12 heavy (non-hydrogen) atoms. The number of thioether (sulfide) groups is 1. The van der Waals surface area contributed by atoms with Gasteiger partial charge in [0, 0.05) is 5.41 Å². The van der Waals surface area contributed by atoms with E-state index in [1.165, 1.54) is 0 Å². The lowest BCUT2D eigenvalue weighted by Gasteiger charge is -2.10. The third-order valence-electron chi connectivity index (χ3n) is 1.32. The molecule has 0 aromatic carbocycles. The van der Waals surface area contributed by atoms with Crippen molar-refractivity contribution in [2.24, 2.45) is 0 Å². The molecule has 0 fully saturated rings. The third kappa shape index (κ3) is 2.24. The van der Waals surface area contributed by atoms with Crippen LogP contribution in [0.15, 0.2) is 9.64 Å². The highest BCUT2D eigenvalue weighted by molar-refractivity contribution is 7.99. The fourth-order valence-electron chi connectivity index (χ4n) is 0.695. The molecule has 1 rings (SSSR count). The molecule has 0 aliphatic rings. The number of aromatic nitrogens is 2. The second-order valence-corrected chi connectivity index (χ2v) is 4.77. The first-order chi connectivity index (χ1) is 5.54. The minimum Gasteiger partial charge on any atom is -0.415 e. The zero-order valence-electron chi connectivity index (χ0n) is 7.92. The first-order valence-electron chi connectivity index (χ1n) is 4.01. The van der Waals surface area contributed by atoms with Crippen LogP contribution >= 0.6 is 11.8 Å². The van der Waals surface area contributed by atoms with Crippen molar-refractivity contribution in [1.29, 1.82) is 0 Å². The second-order valence-electron chi connectivity index (χ2n) is 3.56. The van der Waals surface area contributed by atoms with Crippen LogP contribution in [0.2, 0.25) is 0 Å². The summed E-state index contributed by atoms with van der Waals surface area (Å²) < 4.78 is 5.43. The van der Waals surface area contributed by atoms with E-state index in [9.17, 15) is 0 Å². The average molecular weight is 186 g/mol. The summed E-state index contributed by atoms with van der Waals surface area (Å²) in [5, 5.41) is 8.56. The van der Waals surface area contributed by atoms with E-state index in [4.69, 9.17) is 4.42 Å². The van der Waals surface area contributed by atoms with Gasteiger partial charge in [0.05, 0.1) is 0 Å². The second kappa shape index (κ2) is 3.47. The number of hydrogen-bond acceptors (Lipinski definition) is 4. The maximum atomic E-state index is 5.43. The SMILES string of the molecule is CCSc1nnc(C(C)(C)C)o1. The molecule has 1 aromatic heterocycles. The summed E-state index contributed by atoms with van der Waals surface area (Å²) in [6, 6.07) is 0. The summed E-state index contributed by atoms with van der Waals surface area (Å²) in [4.78, 5) is 0. The van der Waals surface area contributed by atoms with Gasteiger partial charge in [-0.3, -0.25) is 0 Å². The van der Waals surface area contributed by atoms with Crippen LogP contribution in [0.3, 0.4) is 0 Å². The van der Waals surface area contributed by atoms with Gasteiger partial charge in [0.25, 0.3) is 5.22 Å². The molecule has 0 aliphatic heterocycles. The fraction of sp³-hybridized carbons (Fsp3) is 0.750. The predicted molar refractivity (Wildman–Crippen MR) is 49.4 cm³/mol. The lowest BCUT2D eigenvalue weighted by Crippen LogP contribution is -2.11. The van der Waals surface area contributed by atoms with Gasteiger partial charge in [-0.05, 0) is 5.75 Å². The minimum atomic E-state index is -0.0421. The highest BCUT2D eigenvalue weighted by atomic mass is 32.2. The molecular formula is C8H14N2OS. The van der Waals surface area contributed by atoms with Gasteiger partial charge in [-0.1, -0.05) is 39.5 Å². The van der Waals surface area contributed by atoms with E-state index in [0.717, 1.165) is 5.75 Å². The molecule has 0 atom stereocenters. The van der Waals surface area contributed by atoms with Crippen LogP contribution in [-0.2, 0) is 5.41 Å². The fourth-order valence-corrected chi connectivity index (χ4v) is 1.18. The Morgan fingerprint density at radius 1 is 1.33 bits per heavy atom. The van der Waals surface area contributed by atoms with Gasteiger partial charge >= 0.3 is 0 Å². The van der Waals surface area contributed by atoms with Gasteiger partial charge in [-0.2, -0.15) is 0 Å². The smallest absolute Gasteiger partial charge is 0.276 e. The van der Waals surface area contributed by atoms with Crippen molar-refractivity contribution in [2.45, 2.75) is 38.3 Å². The van der Waals surface area contributed by atoms with Crippen LogP contribution < -0.4 is 0 Å². The van der Waals surface area contributed by atoms with Gasteiger partial charge in [0.15, 0.2) is 0 Å². The predicted octanol–water partition coefficient (Wildman–Crippen LogP) is 2.48. The Labute approximate surface area is 76.9 Å². The molecule has 1 heterocycles. The zero-order chi connectivity index (χ0) is 9.19. The van der Waals surface area contributed by atoms with Crippen LogP contribution in [0.25, 0.3) is 0 Å². The highest BCUT2D eigenvalue weighted by Crippen LogP contribution is 2.24. The Kier molecular flexibility index (Phi) is 2.77. The molecule has 0 bridgehead atoms. The lowest BCUT2D eigenvalue weighted by molar-refractivity contribution is 0.347. The molecular weight excluding hydrogens is 172 g/mol. The van der Waals surface area contributed by atoms with Gasteiger partial charge in [-0.25, -0.2) is 0 Å². The minimum absolute atomic E-state index is 0.0421. The van der Waals surface area contributed by atoms with Crippen LogP contribution in [-0.4, -0.2) is 16.0 Å². The molecule has 4 heteroatoms. The maximum absolute atomic E-state index is 5.43. The molecule has 0 radical (unpaired) electrons. The lowest BCUT2D eigenvalue weighted by atomic mass is 9.97. The van der Waals surface area contributed by atoms with E-state index < -0.39 is 0 Å². The topological polar surface area (TPSA) is 38.9 Å². The van der Waals surface area contributed by atoms with Crippen LogP contribution in [0, 0.1) is 0 Å². The Morgan fingerprint density at radius 2 is 2.00 bits per heavy atom. The molecule has 0 saturated carbocycles. The van der Waals surface area contributed by atoms with E-state index in [1.54, 1.807) is 11.8 Å². The van der Waals surface area contributed by atoms with Crippen molar-refractivity contribution in [1.82, 2.24) is 10.2 Å². The first-order valence-corrected chi connectivity index (χ1v) is 4.99. The van der Waals surface area contributed by atoms with Gasteiger partial charge < -0.3 is 4.42 Å². The van der Waals surface area contributed by atoms with E-state index in [2.05, 4.69) is 37.9 Å². The van der Waals surface area contributed by atoms with Crippen molar-refractivity contribution < 1.29 is 4.42 Å². The zero-order valence-corrected chi connectivity index (χ0v) is 8.73. The Bertz CT molecular complexity index is 252. The van der Waals surface area contributed by atoms with E-state index in [-0.39, 0.29) is 5.41 Å². The molecule has 68 valence electrons. The first kappa shape index (κ1) is 9.58. The third-order valence-corrected chi connectivity index (χ3v) is 2.02. The quantitative estimate of drug-likeness (QED) is 0.665. The van der Waals surface area contributed by atoms with Crippen molar-refractivity contribution >= 4 is 11.8 Å². The highest BCUT2D eigenvalue weighted by Gasteiger charge is 2.21. The van der Waals surface area contributed by atoms with E-state index >= 15 is 0 Å². The molecule has 0 spiro atoms. The monoisotopic (exact) mass is 186 g/mol. The van der Waals surface area contributed by atoms with Crippen molar-refractivity contribution in [3.63, 3.8) is 0 Å². The van der Waals surface area contributed by atoms with E-state index in [0.29, 0.717) is 11.1 Å². The molecule has 0 unspecified atom stereocenters. The number of hydrogen-bond donors (Lipinski definition) is 0. The number of nitrogens with zero attached hydrogens (tertiary/aromatic N) is 2. The summed E-state index contributed by atoms with van der Waals surface area (Å²) in [6.07, 6.45) is 0. The average Bonchev–Trinajstić information content (AvgIpc) is 2.35. The summed E-state index contributed by atoms with van der Waals surface area (Å²) >= 11 is 1.57. The molecule has 0 N–H and O–H groups in total. The van der Waals surface area contributed by atoms with Gasteiger partial charge in [0.2, 0.25) is 5.89 Å². The van der Waals surface area contributed by atoms with Gasteiger partial charge in [-0.15, -0.1) is 10.2 Å². The standard InChI is InChI=1S/C8H14N2OS/c1-5-12-7-10-9-6(11-7)8(2,3)4/h5H2,1-4H3. The molecule has 3 nitrogen and oxygen atoms in total. The van der Waals surface area contributed by atoms with E-state index in [1.807, 2.05) is 0 Å². The van der Waals surface area contributed by atoms with Crippen LogP contribution in [0.5, 0.6) is 0 Å². The van der Waals surface area contributed by atoms with Crippen molar-refractivity contribution in [3.05, 3.63) is 5.89 Å². The molecule has 0 aliphatic carbocycles. The molecule has 1 aromatic rings. The van der Waals surface area contributed by atoms with Crippen molar-refractivity contribution in [3.8, 4) is 0 Å². The Balaban J connectivity index is 2.77. The summed E-state index contributed by atoms with van der Waals surface area (Å²) in [7, 11) is 0. The normalized spacial score (nSPS) is 12.0.